The van der Waals surface area contributed by atoms with Crippen molar-refractivity contribution in [2.75, 3.05) is 0 Å². The first kappa shape index (κ1) is 15.1. The zero-order chi connectivity index (χ0) is 9.56. The van der Waals surface area contributed by atoms with Crippen LogP contribution in [0.4, 0.5) is 4.39 Å². The first-order chi connectivity index (χ1) is 5.74. The number of hydrogen-bond donors (Lipinski definition) is 1. The number of aliphatic hydroxyl groups excluding tert-OH is 1. The van der Waals surface area contributed by atoms with Crippen LogP contribution in [0.3, 0.4) is 0 Å². The maximum absolute atomic E-state index is 12.7. The Morgan fingerprint density at radius 2 is 1.92 bits per heavy atom. The molecule has 1 N–H and O–H groups in total. The molecule has 0 amide bonds. The van der Waals surface area contributed by atoms with E-state index in [0.29, 0.717) is 10.0 Å². The lowest BCUT2D eigenvalue weighted by Gasteiger charge is -1.97. The predicted octanol–water partition coefficient (Wildman–Crippen LogP) is 3.74. The topological polar surface area (TPSA) is 20.2 Å². The molecule has 0 saturated carbocycles. The molecule has 0 aromatic heterocycles. The van der Waals surface area contributed by atoms with Gasteiger partial charge in [-0.15, -0.1) is 0 Å². The van der Waals surface area contributed by atoms with Crippen LogP contribution in [0.1, 0.15) is 26.8 Å². The van der Waals surface area contributed by atoms with Crippen LogP contribution in [0.15, 0.2) is 22.7 Å². The molecule has 0 unspecified atom stereocenters. The zero-order valence-corrected chi connectivity index (χ0v) is 8.73. The Balaban J connectivity index is 0. The molecule has 0 bridgehead atoms. The van der Waals surface area contributed by atoms with Gasteiger partial charge >= 0.3 is 0 Å². The molecule has 1 rings (SSSR count). The number of hydrogen-bond acceptors (Lipinski definition) is 1. The van der Waals surface area contributed by atoms with Gasteiger partial charge in [-0.3, -0.25) is 0 Å². The fraction of sp³-hybridized carbons (Fsp3) is 0.400. The lowest BCUT2D eigenvalue weighted by atomic mass is 10.2. The molecule has 0 aliphatic rings. The molecule has 1 nitrogen and oxygen atoms in total. The highest BCUT2D eigenvalue weighted by Crippen LogP contribution is 2.14. The summed E-state index contributed by atoms with van der Waals surface area (Å²) in [5, 5.41) is 8.55. The van der Waals surface area contributed by atoms with Crippen LogP contribution >= 0.6 is 15.9 Å². The Morgan fingerprint density at radius 3 is 2.31 bits per heavy atom. The third-order valence-electron chi connectivity index (χ3n) is 1.19. The maximum atomic E-state index is 12.7. The van der Waals surface area contributed by atoms with Gasteiger partial charge in [-0.1, -0.05) is 43.3 Å². The van der Waals surface area contributed by atoms with E-state index in [1.165, 1.54) is 6.07 Å². The highest BCUT2D eigenvalue weighted by molar-refractivity contribution is 9.10. The highest BCUT2D eigenvalue weighted by Gasteiger charge is 1.99. The number of aliphatic hydroxyl groups is 1. The Labute approximate surface area is 87.7 Å². The molecule has 0 heterocycles. The van der Waals surface area contributed by atoms with Gasteiger partial charge in [-0.25, -0.2) is 4.39 Å². The molecule has 0 saturated heterocycles. The summed E-state index contributed by atoms with van der Waals surface area (Å²) in [7, 11) is 0. The minimum Gasteiger partial charge on any atom is -0.392 e. The number of rotatable bonds is 1. The lowest BCUT2D eigenvalue weighted by molar-refractivity contribution is 0.275. The van der Waals surface area contributed by atoms with Crippen LogP contribution in [0, 0.1) is 5.82 Å². The van der Waals surface area contributed by atoms with Gasteiger partial charge in [0.15, 0.2) is 0 Å². The molecule has 76 valence electrons. The predicted molar refractivity (Wildman–Crippen MR) is 58.1 cm³/mol. The van der Waals surface area contributed by atoms with E-state index in [2.05, 4.69) is 15.9 Å². The fourth-order valence-electron chi connectivity index (χ4n) is 0.650. The first-order valence-corrected chi connectivity index (χ1v) is 4.58. The Morgan fingerprint density at radius 1 is 1.38 bits per heavy atom. The van der Waals surface area contributed by atoms with Gasteiger partial charge in [-0.05, 0) is 12.1 Å². The van der Waals surface area contributed by atoms with Gasteiger partial charge in [0.05, 0.1) is 6.61 Å². The van der Waals surface area contributed by atoms with Crippen molar-refractivity contribution in [1.82, 2.24) is 0 Å². The number of benzene rings is 1. The monoisotopic (exact) mass is 250 g/mol. The van der Waals surface area contributed by atoms with Crippen LogP contribution in [0.2, 0.25) is 0 Å². The van der Waals surface area contributed by atoms with Crippen molar-refractivity contribution in [2.45, 2.75) is 27.9 Å². The van der Waals surface area contributed by atoms with E-state index >= 15 is 0 Å². The molecule has 0 aliphatic carbocycles. The molecule has 1 aromatic rings. The second-order valence-corrected chi connectivity index (χ2v) is 2.81. The Kier molecular flexibility index (Phi) is 9.51. The van der Waals surface area contributed by atoms with Gasteiger partial charge in [0.1, 0.15) is 5.82 Å². The van der Waals surface area contributed by atoms with Gasteiger partial charge in [0.2, 0.25) is 0 Å². The largest absolute Gasteiger partial charge is 0.392 e. The summed E-state index contributed by atoms with van der Waals surface area (Å²) in [6, 6.07) is 4.56. The highest BCUT2D eigenvalue weighted by atomic mass is 79.9. The van der Waals surface area contributed by atoms with Crippen LogP contribution in [-0.2, 0) is 6.61 Å². The summed E-state index contributed by atoms with van der Waals surface area (Å²) >= 11 is 3.10. The van der Waals surface area contributed by atoms with Crippen LogP contribution in [0.5, 0.6) is 0 Å². The van der Waals surface area contributed by atoms with E-state index in [-0.39, 0.29) is 19.9 Å². The maximum Gasteiger partial charge on any atom is 0.129 e. The average molecular weight is 251 g/mol. The van der Waals surface area contributed by atoms with Gasteiger partial charge in [0, 0.05) is 10.0 Å². The van der Waals surface area contributed by atoms with E-state index in [9.17, 15) is 4.39 Å². The summed E-state index contributed by atoms with van der Waals surface area (Å²) in [6.07, 6.45) is 0. The van der Waals surface area contributed by atoms with Crippen molar-refractivity contribution in [3.8, 4) is 0 Å². The van der Waals surface area contributed by atoms with E-state index in [4.69, 9.17) is 5.11 Å². The van der Waals surface area contributed by atoms with Crippen molar-refractivity contribution < 1.29 is 9.50 Å². The van der Waals surface area contributed by atoms with Crippen molar-refractivity contribution in [3.63, 3.8) is 0 Å². The first-order valence-electron chi connectivity index (χ1n) is 3.79. The summed E-state index contributed by atoms with van der Waals surface area (Å²) in [4.78, 5) is 0. The lowest BCUT2D eigenvalue weighted by Crippen LogP contribution is -1.87. The van der Waals surface area contributed by atoms with E-state index in [1.54, 1.807) is 12.1 Å². The molecule has 0 atom stereocenters. The van der Waals surface area contributed by atoms with E-state index in [1.807, 2.05) is 13.8 Å². The molecule has 13 heavy (non-hydrogen) atoms. The summed E-state index contributed by atoms with van der Waals surface area (Å²) < 4.78 is 13.3. The smallest absolute Gasteiger partial charge is 0.129 e. The van der Waals surface area contributed by atoms with Gasteiger partial charge in [-0.2, -0.15) is 0 Å². The van der Waals surface area contributed by atoms with Crippen molar-refractivity contribution in [3.05, 3.63) is 34.1 Å². The minimum absolute atomic E-state index is 0. The fourth-order valence-corrected chi connectivity index (χ4v) is 0.983. The van der Waals surface area contributed by atoms with E-state index < -0.39 is 0 Å². The molecule has 0 aliphatic heterocycles. The Bertz CT molecular complexity index is 238. The molecular weight excluding hydrogens is 235 g/mol. The SMILES string of the molecule is C.CC.OCc1ccc(Br)cc1F. The molecule has 3 heteroatoms. The minimum atomic E-state index is -0.378. The third kappa shape index (κ3) is 5.01. The van der Waals surface area contributed by atoms with Gasteiger partial charge < -0.3 is 5.11 Å². The normalized spacial score (nSPS) is 8.08. The molecule has 0 fully saturated rings. The standard InChI is InChI=1S/C7H6BrFO.C2H6.CH4/c8-6-2-1-5(4-10)7(9)3-6;1-2;/h1-3,10H,4H2;1-2H3;1H4. The number of halogens is 2. The molecular formula is C10H16BrFO. The second kappa shape index (κ2) is 8.20. The quantitative estimate of drug-likeness (QED) is 0.806. The molecule has 0 radical (unpaired) electrons. The van der Waals surface area contributed by atoms with Crippen LogP contribution < -0.4 is 0 Å². The summed E-state index contributed by atoms with van der Waals surface area (Å²) in [5.41, 5.74) is 0.322. The van der Waals surface area contributed by atoms with Gasteiger partial charge in [0.25, 0.3) is 0 Å². The van der Waals surface area contributed by atoms with Crippen molar-refractivity contribution >= 4 is 15.9 Å². The van der Waals surface area contributed by atoms with Crippen molar-refractivity contribution in [2.24, 2.45) is 0 Å². The summed E-state index contributed by atoms with van der Waals surface area (Å²) in [5.74, 6) is -0.378. The molecule has 1 aromatic carbocycles. The third-order valence-corrected chi connectivity index (χ3v) is 1.68. The summed E-state index contributed by atoms with van der Waals surface area (Å²) in [6.45, 7) is 3.75. The molecule has 0 spiro atoms. The van der Waals surface area contributed by atoms with Crippen LogP contribution in [-0.4, -0.2) is 5.11 Å². The average Bonchev–Trinajstić information content (AvgIpc) is 2.08. The zero-order valence-electron chi connectivity index (χ0n) is 7.14. The van der Waals surface area contributed by atoms with E-state index in [0.717, 1.165) is 0 Å². The second-order valence-electron chi connectivity index (χ2n) is 1.89. The van der Waals surface area contributed by atoms with Crippen LogP contribution in [0.25, 0.3) is 0 Å². The van der Waals surface area contributed by atoms with Crippen molar-refractivity contribution in [1.29, 1.82) is 0 Å². The Hall–Kier alpha value is -0.410.